The summed E-state index contributed by atoms with van der Waals surface area (Å²) < 4.78 is 27.4. The van der Waals surface area contributed by atoms with Gasteiger partial charge in [0.1, 0.15) is 0 Å². The largest absolute Gasteiger partial charge is 0.329 e. The maximum atomic E-state index is 13.0. The summed E-state index contributed by atoms with van der Waals surface area (Å²) in [7, 11) is -3.57. The Hall–Kier alpha value is -0.900. The van der Waals surface area contributed by atoms with Crippen LogP contribution in [-0.2, 0) is 14.8 Å². The van der Waals surface area contributed by atoms with E-state index in [0.717, 1.165) is 19.6 Å². The van der Waals surface area contributed by atoms with Gasteiger partial charge >= 0.3 is 0 Å². The van der Waals surface area contributed by atoms with Gasteiger partial charge in [-0.2, -0.15) is 4.31 Å². The molecule has 2 rings (SSSR count). The highest BCUT2D eigenvalue weighted by molar-refractivity contribution is 7.89. The van der Waals surface area contributed by atoms with E-state index in [2.05, 4.69) is 17.1 Å². The second-order valence-corrected chi connectivity index (χ2v) is 8.95. The topological polar surface area (TPSA) is 95.7 Å². The lowest BCUT2D eigenvalue weighted by Crippen LogP contribution is -2.48. The molecule has 0 spiro atoms. The molecule has 0 bridgehead atoms. The van der Waals surface area contributed by atoms with Crippen LogP contribution in [-0.4, -0.2) is 62.8 Å². The minimum absolute atomic E-state index is 0. The van der Waals surface area contributed by atoms with Gasteiger partial charge in [0.25, 0.3) is 0 Å². The molecule has 0 aliphatic carbocycles. The first-order chi connectivity index (χ1) is 12.8. The lowest BCUT2D eigenvalue weighted by Gasteiger charge is -2.33. The second kappa shape index (κ2) is 12.1. The van der Waals surface area contributed by atoms with Crippen molar-refractivity contribution in [2.24, 2.45) is 11.1 Å². The monoisotopic (exact) mass is 468 g/mol. The number of benzene rings is 1. The lowest BCUT2D eigenvalue weighted by molar-refractivity contribution is -0.125. The standard InChI is InChI=1S/C19H32N4O3S.2ClH/c1-4-19(5-2,15-20)18(24)21-16-8-7-9-17(14-16)27(25,26)23-12-10-22(6-3)11-13-23;;/h7-9,14H,4-6,10-13,15,20H2,1-3H3,(H,21,24);2*1H. The number of amides is 1. The zero-order valence-corrected chi connectivity index (χ0v) is 19.8. The third-order valence-corrected chi connectivity index (χ3v) is 7.63. The summed E-state index contributed by atoms with van der Waals surface area (Å²) in [6.45, 7) is 9.56. The number of rotatable bonds is 8. The number of sulfonamides is 1. The van der Waals surface area contributed by atoms with E-state index >= 15 is 0 Å². The Morgan fingerprint density at radius 3 is 2.17 bits per heavy atom. The summed E-state index contributed by atoms with van der Waals surface area (Å²) in [5.41, 5.74) is 5.68. The Morgan fingerprint density at radius 2 is 1.69 bits per heavy atom. The van der Waals surface area contributed by atoms with Gasteiger partial charge in [0.15, 0.2) is 0 Å². The average Bonchev–Trinajstić information content (AvgIpc) is 2.70. The molecule has 168 valence electrons. The quantitative estimate of drug-likeness (QED) is 0.610. The number of carbonyl (C=O) groups is 1. The molecule has 1 aliphatic rings. The smallest absolute Gasteiger partial charge is 0.243 e. The van der Waals surface area contributed by atoms with E-state index in [-0.39, 0.29) is 42.2 Å². The predicted molar refractivity (Wildman–Crippen MR) is 123 cm³/mol. The fourth-order valence-electron chi connectivity index (χ4n) is 3.39. The van der Waals surface area contributed by atoms with Crippen LogP contribution in [0.1, 0.15) is 33.6 Å². The van der Waals surface area contributed by atoms with Crippen LogP contribution in [0.5, 0.6) is 0 Å². The minimum atomic E-state index is -3.57. The van der Waals surface area contributed by atoms with Crippen molar-refractivity contribution in [1.82, 2.24) is 9.21 Å². The first kappa shape index (κ1) is 28.1. The Labute approximate surface area is 187 Å². The van der Waals surface area contributed by atoms with Gasteiger partial charge in [-0.15, -0.1) is 24.8 Å². The molecule has 0 unspecified atom stereocenters. The number of likely N-dealkylation sites (N-methyl/N-ethyl adjacent to an activating group) is 1. The van der Waals surface area contributed by atoms with Gasteiger partial charge in [0.05, 0.1) is 10.3 Å². The van der Waals surface area contributed by atoms with Crippen molar-refractivity contribution in [2.45, 2.75) is 38.5 Å². The van der Waals surface area contributed by atoms with Gasteiger partial charge in [-0.1, -0.05) is 26.8 Å². The molecule has 7 nitrogen and oxygen atoms in total. The molecule has 0 saturated carbocycles. The van der Waals surface area contributed by atoms with Crippen molar-refractivity contribution in [2.75, 3.05) is 44.6 Å². The van der Waals surface area contributed by atoms with Gasteiger partial charge in [0.2, 0.25) is 15.9 Å². The van der Waals surface area contributed by atoms with E-state index in [1.807, 2.05) is 13.8 Å². The molecule has 1 aliphatic heterocycles. The van der Waals surface area contributed by atoms with Gasteiger partial charge in [-0.3, -0.25) is 4.79 Å². The number of nitrogens with zero attached hydrogens (tertiary/aromatic N) is 2. The number of hydrogen-bond acceptors (Lipinski definition) is 5. The van der Waals surface area contributed by atoms with Gasteiger partial charge in [-0.25, -0.2) is 8.42 Å². The summed E-state index contributed by atoms with van der Waals surface area (Å²) >= 11 is 0. The second-order valence-electron chi connectivity index (χ2n) is 7.01. The molecule has 1 amide bonds. The van der Waals surface area contributed by atoms with Gasteiger partial charge in [0, 0.05) is 38.4 Å². The van der Waals surface area contributed by atoms with Crippen LogP contribution in [0.2, 0.25) is 0 Å². The molecular formula is C19H34Cl2N4O3S. The van der Waals surface area contributed by atoms with Crippen LogP contribution in [0.25, 0.3) is 0 Å². The summed E-state index contributed by atoms with van der Waals surface area (Å²) in [6.07, 6.45) is 1.26. The molecule has 1 fully saturated rings. The third kappa shape index (κ3) is 6.29. The molecule has 0 radical (unpaired) electrons. The van der Waals surface area contributed by atoms with Gasteiger partial charge < -0.3 is 16.0 Å². The normalized spacial score (nSPS) is 15.9. The highest BCUT2D eigenvalue weighted by Crippen LogP contribution is 2.28. The van der Waals surface area contributed by atoms with Crippen LogP contribution in [0, 0.1) is 5.41 Å². The molecule has 1 aromatic rings. The summed E-state index contributed by atoms with van der Waals surface area (Å²) in [5.74, 6) is -0.166. The highest BCUT2D eigenvalue weighted by Gasteiger charge is 2.34. The Bertz CT molecular complexity index is 741. The average molecular weight is 469 g/mol. The molecule has 10 heteroatoms. The number of piperazine rings is 1. The Balaban J connectivity index is 0.00000392. The fourth-order valence-corrected chi connectivity index (χ4v) is 4.85. The number of nitrogens with one attached hydrogen (secondary N) is 1. The number of nitrogens with two attached hydrogens (primary N) is 1. The number of hydrogen-bond donors (Lipinski definition) is 2. The van der Waals surface area contributed by atoms with Crippen LogP contribution in [0.3, 0.4) is 0 Å². The van der Waals surface area contributed by atoms with Crippen molar-refractivity contribution < 1.29 is 13.2 Å². The fraction of sp³-hybridized carbons (Fsp3) is 0.632. The van der Waals surface area contributed by atoms with Crippen LogP contribution in [0.4, 0.5) is 5.69 Å². The zero-order valence-electron chi connectivity index (χ0n) is 17.4. The van der Waals surface area contributed by atoms with Crippen molar-refractivity contribution in [3.63, 3.8) is 0 Å². The molecule has 3 N–H and O–H groups in total. The van der Waals surface area contributed by atoms with Crippen LogP contribution < -0.4 is 11.1 Å². The third-order valence-electron chi connectivity index (χ3n) is 5.73. The Morgan fingerprint density at radius 1 is 1.10 bits per heavy atom. The highest BCUT2D eigenvalue weighted by atomic mass is 35.5. The Kier molecular flexibility index (Phi) is 11.7. The number of halogens is 2. The molecule has 29 heavy (non-hydrogen) atoms. The first-order valence-corrected chi connectivity index (χ1v) is 11.1. The zero-order chi connectivity index (χ0) is 20.1. The van der Waals surface area contributed by atoms with Gasteiger partial charge in [-0.05, 0) is 37.6 Å². The lowest BCUT2D eigenvalue weighted by atomic mass is 9.81. The summed E-state index contributed by atoms with van der Waals surface area (Å²) in [5, 5.41) is 2.86. The van der Waals surface area contributed by atoms with Crippen molar-refractivity contribution in [1.29, 1.82) is 0 Å². The molecule has 1 aromatic carbocycles. The van der Waals surface area contributed by atoms with E-state index < -0.39 is 15.4 Å². The van der Waals surface area contributed by atoms with Crippen LogP contribution in [0.15, 0.2) is 29.2 Å². The van der Waals surface area contributed by atoms with Crippen LogP contribution >= 0.6 is 24.8 Å². The summed E-state index contributed by atoms with van der Waals surface area (Å²) in [6, 6.07) is 6.48. The molecule has 0 atom stereocenters. The predicted octanol–water partition coefficient (Wildman–Crippen LogP) is 2.56. The molecule has 1 heterocycles. The van der Waals surface area contributed by atoms with E-state index in [1.165, 1.54) is 10.4 Å². The number of carbonyl (C=O) groups excluding carboxylic acids is 1. The number of anilines is 1. The SMILES string of the molecule is CCN1CCN(S(=O)(=O)c2cccc(NC(=O)C(CC)(CC)CN)c2)CC1.Cl.Cl. The van der Waals surface area contributed by atoms with E-state index in [4.69, 9.17) is 5.73 Å². The molecule has 0 aromatic heterocycles. The van der Waals surface area contributed by atoms with Crippen molar-refractivity contribution >= 4 is 46.4 Å². The molecule has 1 saturated heterocycles. The van der Waals surface area contributed by atoms with E-state index in [9.17, 15) is 13.2 Å². The summed E-state index contributed by atoms with van der Waals surface area (Å²) in [4.78, 5) is 15.1. The minimum Gasteiger partial charge on any atom is -0.329 e. The van der Waals surface area contributed by atoms with E-state index in [0.29, 0.717) is 31.6 Å². The van der Waals surface area contributed by atoms with Crippen molar-refractivity contribution in [3.05, 3.63) is 24.3 Å². The maximum Gasteiger partial charge on any atom is 0.243 e. The van der Waals surface area contributed by atoms with Crippen molar-refractivity contribution in [3.8, 4) is 0 Å². The maximum absolute atomic E-state index is 13.0. The van der Waals surface area contributed by atoms with E-state index in [1.54, 1.807) is 18.2 Å². The molecular weight excluding hydrogens is 435 g/mol. The first-order valence-electron chi connectivity index (χ1n) is 9.67.